The van der Waals surface area contributed by atoms with Crippen molar-refractivity contribution in [3.8, 4) is 0 Å². The maximum atomic E-state index is 12.0. The number of carbonyl (C=O) groups is 2. The topological polar surface area (TPSA) is 107 Å². The predicted octanol–water partition coefficient (Wildman–Crippen LogP) is -0.546. The molecule has 182 valence electrons. The molecule has 0 aliphatic heterocycles. The molecule has 1 N–H and O–H groups in total. The van der Waals surface area contributed by atoms with Crippen LogP contribution in [0.2, 0.25) is 0 Å². The van der Waals surface area contributed by atoms with Gasteiger partial charge in [-0.1, -0.05) is 90.9 Å². The van der Waals surface area contributed by atoms with Gasteiger partial charge >= 0.3 is 71.1 Å². The molecule has 0 saturated carbocycles. The van der Waals surface area contributed by atoms with E-state index in [1.54, 1.807) is 0 Å². The van der Waals surface area contributed by atoms with Crippen LogP contribution in [0.5, 0.6) is 0 Å². The molecule has 32 heavy (non-hydrogen) atoms. The molecular weight excluding hydrogens is 454 g/mol. The van der Waals surface area contributed by atoms with Gasteiger partial charge in [0.05, 0.1) is 19.6 Å². The summed E-state index contributed by atoms with van der Waals surface area (Å²) in [5.74, 6) is -1.92. The van der Waals surface area contributed by atoms with E-state index in [0.29, 0.717) is 12.8 Å². The van der Waals surface area contributed by atoms with E-state index >= 15 is 0 Å². The molecule has 0 radical (unpaired) electrons. The van der Waals surface area contributed by atoms with Gasteiger partial charge in [0.15, 0.2) is 5.25 Å². The predicted molar refractivity (Wildman–Crippen MR) is 120 cm³/mol. The molecule has 0 heterocycles. The molecule has 0 bridgehead atoms. The Bertz CT molecular complexity index is 567. The summed E-state index contributed by atoms with van der Waals surface area (Å²) in [5, 5.41) is -1.93. The second-order valence-electron chi connectivity index (χ2n) is 7.84. The minimum atomic E-state index is -4.74. The molecule has 0 saturated heterocycles. The molecule has 0 aromatic carbocycles. The standard InChI is InChI=1S/C22H42O7S.2Na.2H/c1-3-5-7-9-11-12-14-16-18-29-22(24)20(30(25,26)27)19-21(23)28-17-15-13-10-8-6-4-2;;;;/h20H,3-19H2,1-2H3,(H,25,26,27);;;;/q;2*+1;2*-1. The number of hydrogen-bond donors (Lipinski definition) is 1. The monoisotopic (exact) mass is 498 g/mol. The van der Waals surface area contributed by atoms with E-state index in [-0.39, 0.29) is 75.2 Å². The third kappa shape index (κ3) is 22.6. The van der Waals surface area contributed by atoms with Crippen LogP contribution in [0, 0.1) is 0 Å². The Morgan fingerprint density at radius 2 is 1.09 bits per heavy atom. The van der Waals surface area contributed by atoms with Crippen LogP contribution >= 0.6 is 0 Å². The van der Waals surface area contributed by atoms with Crippen molar-refractivity contribution in [2.45, 2.75) is 115 Å². The fourth-order valence-electron chi connectivity index (χ4n) is 3.09. The normalized spacial score (nSPS) is 11.7. The Morgan fingerprint density at radius 1 is 0.719 bits per heavy atom. The van der Waals surface area contributed by atoms with Crippen LogP contribution < -0.4 is 59.1 Å². The number of rotatable bonds is 20. The van der Waals surface area contributed by atoms with Crippen LogP contribution in [0.3, 0.4) is 0 Å². The van der Waals surface area contributed by atoms with Gasteiger partial charge in [-0.05, 0) is 12.8 Å². The zero-order valence-corrected chi connectivity index (χ0v) is 25.7. The maximum absolute atomic E-state index is 12.0. The van der Waals surface area contributed by atoms with Gasteiger partial charge in [-0.25, -0.2) is 0 Å². The minimum Gasteiger partial charge on any atom is -1.00 e. The van der Waals surface area contributed by atoms with Crippen molar-refractivity contribution in [1.29, 1.82) is 0 Å². The summed E-state index contributed by atoms with van der Waals surface area (Å²) in [5.41, 5.74) is 0. The molecule has 0 fully saturated rings. The third-order valence-electron chi connectivity index (χ3n) is 4.98. The second kappa shape index (κ2) is 25.0. The van der Waals surface area contributed by atoms with Crippen molar-refractivity contribution < 1.29 is 94.0 Å². The van der Waals surface area contributed by atoms with Crippen LogP contribution in [0.1, 0.15) is 113 Å². The van der Waals surface area contributed by atoms with Gasteiger partial charge in [0, 0.05) is 0 Å². The Kier molecular flexibility index (Phi) is 29.2. The van der Waals surface area contributed by atoms with Crippen LogP contribution in [-0.4, -0.2) is 43.4 Å². The van der Waals surface area contributed by atoms with Crippen molar-refractivity contribution >= 4 is 22.1 Å². The van der Waals surface area contributed by atoms with Gasteiger partial charge in [-0.2, -0.15) is 8.42 Å². The Hall–Kier alpha value is 0.850. The van der Waals surface area contributed by atoms with Crippen molar-refractivity contribution in [1.82, 2.24) is 0 Å². The molecule has 7 nitrogen and oxygen atoms in total. The number of ether oxygens (including phenoxy) is 2. The van der Waals surface area contributed by atoms with E-state index in [1.165, 1.54) is 32.1 Å². The van der Waals surface area contributed by atoms with Gasteiger partial charge in [-0.15, -0.1) is 0 Å². The summed E-state index contributed by atoms with van der Waals surface area (Å²) in [6, 6.07) is 0. The first-order valence-corrected chi connectivity index (χ1v) is 13.1. The first kappa shape index (κ1) is 37.4. The fraction of sp³-hybridized carbons (Fsp3) is 0.909. The van der Waals surface area contributed by atoms with Crippen molar-refractivity contribution in [2.75, 3.05) is 13.2 Å². The van der Waals surface area contributed by atoms with Crippen LogP contribution in [0.4, 0.5) is 0 Å². The molecule has 0 aromatic rings. The second-order valence-corrected chi connectivity index (χ2v) is 9.44. The first-order valence-electron chi connectivity index (χ1n) is 11.6. The van der Waals surface area contributed by atoms with Gasteiger partial charge in [-0.3, -0.25) is 14.1 Å². The maximum Gasteiger partial charge on any atom is 1.00 e. The van der Waals surface area contributed by atoms with Gasteiger partial charge in [0.2, 0.25) is 0 Å². The summed E-state index contributed by atoms with van der Waals surface area (Å²) in [6.07, 6.45) is 14.0. The third-order valence-corrected chi connectivity index (χ3v) is 6.06. The number of unbranched alkanes of at least 4 members (excludes halogenated alkanes) is 12. The molecule has 0 spiro atoms. The van der Waals surface area contributed by atoms with Gasteiger partial charge < -0.3 is 12.3 Å². The quantitative estimate of drug-likeness (QED) is 0.104. The van der Waals surface area contributed by atoms with Crippen molar-refractivity contribution in [3.63, 3.8) is 0 Å². The summed E-state index contributed by atoms with van der Waals surface area (Å²) in [6.45, 7) is 4.56. The molecule has 1 unspecified atom stereocenters. The summed E-state index contributed by atoms with van der Waals surface area (Å²) < 4.78 is 42.3. The average molecular weight is 499 g/mol. The molecule has 1 atom stereocenters. The van der Waals surface area contributed by atoms with E-state index in [2.05, 4.69) is 13.8 Å². The van der Waals surface area contributed by atoms with E-state index in [0.717, 1.165) is 44.9 Å². The van der Waals surface area contributed by atoms with E-state index < -0.39 is 33.7 Å². The van der Waals surface area contributed by atoms with Crippen LogP contribution in [0.25, 0.3) is 0 Å². The smallest absolute Gasteiger partial charge is 1.00 e. The van der Waals surface area contributed by atoms with Crippen molar-refractivity contribution in [3.05, 3.63) is 0 Å². The molecule has 0 amide bonds. The largest absolute Gasteiger partial charge is 1.00 e. The van der Waals surface area contributed by atoms with Crippen LogP contribution in [-0.2, 0) is 29.2 Å². The fourth-order valence-corrected chi connectivity index (χ4v) is 3.75. The number of carbonyl (C=O) groups excluding carboxylic acids is 2. The Morgan fingerprint density at radius 3 is 1.50 bits per heavy atom. The Labute approximate surface area is 242 Å². The molecule has 0 aliphatic carbocycles. The van der Waals surface area contributed by atoms with E-state index in [4.69, 9.17) is 9.47 Å². The summed E-state index contributed by atoms with van der Waals surface area (Å²) >= 11 is 0. The molecule has 0 rings (SSSR count). The van der Waals surface area contributed by atoms with Gasteiger partial charge in [0.1, 0.15) is 0 Å². The zero-order chi connectivity index (χ0) is 22.7. The molecular formula is C22H44Na2O7S. The first-order chi connectivity index (χ1) is 14.3. The SMILES string of the molecule is CCCCCCCCCCOC(=O)C(CC(=O)OCCCCCCCC)S(=O)(=O)O.[H-].[H-].[Na+].[Na+]. The summed E-state index contributed by atoms with van der Waals surface area (Å²) in [4.78, 5) is 23.9. The van der Waals surface area contributed by atoms with Crippen molar-refractivity contribution in [2.24, 2.45) is 0 Å². The summed E-state index contributed by atoms with van der Waals surface area (Å²) in [7, 11) is -4.74. The Balaban J connectivity index is -0.000000701. The molecule has 0 aliphatic rings. The average Bonchev–Trinajstić information content (AvgIpc) is 2.69. The minimum absolute atomic E-state index is 0. The van der Waals surface area contributed by atoms with E-state index in [9.17, 15) is 22.6 Å². The zero-order valence-electron chi connectivity index (χ0n) is 22.9. The molecule has 10 heteroatoms. The molecule has 0 aromatic heterocycles. The van der Waals surface area contributed by atoms with Crippen LogP contribution in [0.15, 0.2) is 0 Å². The number of hydrogen-bond acceptors (Lipinski definition) is 6. The van der Waals surface area contributed by atoms with E-state index in [1.807, 2.05) is 0 Å². The van der Waals surface area contributed by atoms with Gasteiger partial charge in [0.25, 0.3) is 10.1 Å². The number of esters is 2.